The van der Waals surface area contributed by atoms with Gasteiger partial charge in [0.15, 0.2) is 0 Å². The summed E-state index contributed by atoms with van der Waals surface area (Å²) in [6.07, 6.45) is 5.20. The molecule has 0 amide bonds. The second kappa shape index (κ2) is 5.46. The number of nitrogens with one attached hydrogen (secondary N) is 1. The van der Waals surface area contributed by atoms with Crippen LogP contribution in [0.5, 0.6) is 0 Å². The minimum Gasteiger partial charge on any atom is -0.328 e. The molecule has 19 heavy (non-hydrogen) atoms. The number of sulfonamides is 1. The lowest BCUT2D eigenvalue weighted by Gasteiger charge is -2.32. The van der Waals surface area contributed by atoms with Gasteiger partial charge in [-0.15, -0.1) is 0 Å². The molecule has 2 rings (SSSR count). The highest BCUT2D eigenvalue weighted by molar-refractivity contribution is 7.89. The Balaban J connectivity index is 2.19. The van der Waals surface area contributed by atoms with Crippen molar-refractivity contribution in [2.24, 2.45) is 5.92 Å². The highest BCUT2D eigenvalue weighted by atomic mass is 32.2. The van der Waals surface area contributed by atoms with Gasteiger partial charge in [0.2, 0.25) is 15.6 Å². The van der Waals surface area contributed by atoms with Crippen molar-refractivity contribution in [2.75, 3.05) is 7.05 Å². The molecule has 0 spiro atoms. The molecule has 1 fully saturated rings. The van der Waals surface area contributed by atoms with Gasteiger partial charge in [0, 0.05) is 25.4 Å². The number of aromatic amines is 1. The van der Waals surface area contributed by atoms with Gasteiger partial charge < -0.3 is 4.98 Å². The predicted molar refractivity (Wildman–Crippen MR) is 73.4 cm³/mol. The van der Waals surface area contributed by atoms with E-state index in [2.05, 4.69) is 11.9 Å². The molecule has 6 heteroatoms. The smallest absolute Gasteiger partial charge is 0.247 e. The molecule has 0 atom stereocenters. The minimum absolute atomic E-state index is 0.0631. The monoisotopic (exact) mass is 284 g/mol. The van der Waals surface area contributed by atoms with Crippen LogP contribution in [-0.2, 0) is 10.0 Å². The Morgan fingerprint density at radius 3 is 2.37 bits per heavy atom. The van der Waals surface area contributed by atoms with Gasteiger partial charge in [-0.05, 0) is 37.7 Å². The van der Waals surface area contributed by atoms with Gasteiger partial charge in [0.1, 0.15) is 0 Å². The molecule has 1 aromatic rings. The SMILES string of the molecule is CC1CCC(N(C)S(=O)(=O)c2ccc(=O)[nH]c2)CC1. The standard InChI is InChI=1S/C13H20N2O3S/c1-10-3-5-11(6-4-10)15(2)19(17,18)12-7-8-13(16)14-9-12/h7-11H,3-6H2,1-2H3,(H,14,16). The summed E-state index contributed by atoms with van der Waals surface area (Å²) in [4.78, 5) is 13.5. The molecule has 1 aliphatic rings. The topological polar surface area (TPSA) is 70.2 Å². The predicted octanol–water partition coefficient (Wildman–Crippen LogP) is 1.57. The summed E-state index contributed by atoms with van der Waals surface area (Å²) in [6.45, 7) is 2.20. The van der Waals surface area contributed by atoms with E-state index in [1.165, 1.54) is 22.6 Å². The van der Waals surface area contributed by atoms with Crippen LogP contribution in [0.15, 0.2) is 28.0 Å². The van der Waals surface area contributed by atoms with Crippen molar-refractivity contribution in [1.82, 2.24) is 9.29 Å². The Morgan fingerprint density at radius 1 is 1.21 bits per heavy atom. The van der Waals surface area contributed by atoms with E-state index < -0.39 is 10.0 Å². The van der Waals surface area contributed by atoms with Crippen molar-refractivity contribution in [2.45, 2.75) is 43.5 Å². The number of rotatable bonds is 3. The van der Waals surface area contributed by atoms with Gasteiger partial charge in [-0.3, -0.25) is 4.79 Å². The molecule has 0 unspecified atom stereocenters. The van der Waals surface area contributed by atoms with Crippen LogP contribution in [0.1, 0.15) is 32.6 Å². The van der Waals surface area contributed by atoms with E-state index >= 15 is 0 Å². The summed E-state index contributed by atoms with van der Waals surface area (Å²) in [7, 11) is -1.88. The van der Waals surface area contributed by atoms with E-state index in [1.54, 1.807) is 7.05 Å². The summed E-state index contributed by atoms with van der Waals surface area (Å²) in [6, 6.07) is 2.66. The van der Waals surface area contributed by atoms with Crippen LogP contribution in [0.3, 0.4) is 0 Å². The van der Waals surface area contributed by atoms with E-state index in [0.29, 0.717) is 5.92 Å². The first-order valence-electron chi connectivity index (χ1n) is 6.58. The zero-order valence-corrected chi connectivity index (χ0v) is 12.1. The second-order valence-electron chi connectivity index (χ2n) is 5.32. The van der Waals surface area contributed by atoms with Crippen molar-refractivity contribution < 1.29 is 8.42 Å². The average Bonchev–Trinajstić information content (AvgIpc) is 2.39. The Kier molecular flexibility index (Phi) is 4.10. The fraction of sp³-hybridized carbons (Fsp3) is 0.615. The molecule has 1 aromatic heterocycles. The van der Waals surface area contributed by atoms with Crippen LogP contribution < -0.4 is 5.56 Å². The van der Waals surface area contributed by atoms with E-state index in [-0.39, 0.29) is 16.5 Å². The molecule has 106 valence electrons. The van der Waals surface area contributed by atoms with Crippen LogP contribution in [0.4, 0.5) is 0 Å². The molecule has 1 aliphatic carbocycles. The molecule has 0 aliphatic heterocycles. The van der Waals surface area contributed by atoms with Crippen molar-refractivity contribution >= 4 is 10.0 Å². The van der Waals surface area contributed by atoms with Crippen molar-refractivity contribution in [3.63, 3.8) is 0 Å². The zero-order valence-electron chi connectivity index (χ0n) is 11.3. The maximum Gasteiger partial charge on any atom is 0.247 e. The number of hydrogen-bond donors (Lipinski definition) is 1. The van der Waals surface area contributed by atoms with Crippen molar-refractivity contribution in [1.29, 1.82) is 0 Å². The lowest BCUT2D eigenvalue weighted by molar-refractivity contribution is 0.246. The summed E-state index contributed by atoms with van der Waals surface area (Å²) < 4.78 is 26.3. The molecular formula is C13H20N2O3S. The molecule has 0 bridgehead atoms. The summed E-state index contributed by atoms with van der Waals surface area (Å²) >= 11 is 0. The van der Waals surface area contributed by atoms with Gasteiger partial charge >= 0.3 is 0 Å². The third kappa shape index (κ3) is 3.06. The lowest BCUT2D eigenvalue weighted by atomic mass is 9.87. The fourth-order valence-corrected chi connectivity index (χ4v) is 3.91. The number of aromatic nitrogens is 1. The van der Waals surface area contributed by atoms with Gasteiger partial charge in [-0.2, -0.15) is 4.31 Å². The van der Waals surface area contributed by atoms with Gasteiger partial charge in [-0.25, -0.2) is 8.42 Å². The van der Waals surface area contributed by atoms with Crippen LogP contribution in [0, 0.1) is 5.92 Å². The highest BCUT2D eigenvalue weighted by Gasteiger charge is 2.30. The van der Waals surface area contributed by atoms with E-state index in [0.717, 1.165) is 25.7 Å². The maximum atomic E-state index is 12.4. The van der Waals surface area contributed by atoms with Crippen LogP contribution >= 0.6 is 0 Å². The zero-order chi connectivity index (χ0) is 14.0. The van der Waals surface area contributed by atoms with E-state index in [4.69, 9.17) is 0 Å². The normalized spacial score (nSPS) is 24.6. The average molecular weight is 284 g/mol. The molecule has 1 saturated carbocycles. The first kappa shape index (κ1) is 14.3. The molecule has 0 radical (unpaired) electrons. The van der Waals surface area contributed by atoms with Crippen molar-refractivity contribution in [3.8, 4) is 0 Å². The molecule has 0 saturated heterocycles. The molecule has 1 heterocycles. The van der Waals surface area contributed by atoms with E-state index in [1.807, 2.05) is 0 Å². The first-order chi connectivity index (χ1) is 8.91. The summed E-state index contributed by atoms with van der Waals surface area (Å²) in [5.41, 5.74) is -0.298. The summed E-state index contributed by atoms with van der Waals surface area (Å²) in [5.74, 6) is 0.681. The van der Waals surface area contributed by atoms with E-state index in [9.17, 15) is 13.2 Å². The number of H-pyrrole nitrogens is 1. The third-order valence-corrected chi connectivity index (χ3v) is 5.84. The number of nitrogens with zero attached hydrogens (tertiary/aromatic N) is 1. The van der Waals surface area contributed by atoms with Crippen LogP contribution in [0.25, 0.3) is 0 Å². The lowest BCUT2D eigenvalue weighted by Crippen LogP contribution is -2.39. The fourth-order valence-electron chi connectivity index (χ4n) is 2.53. The van der Waals surface area contributed by atoms with Crippen molar-refractivity contribution in [3.05, 3.63) is 28.7 Å². The molecule has 1 N–H and O–H groups in total. The maximum absolute atomic E-state index is 12.4. The Morgan fingerprint density at radius 2 is 1.84 bits per heavy atom. The van der Waals surface area contributed by atoms with Gasteiger partial charge in [-0.1, -0.05) is 6.92 Å². The minimum atomic E-state index is -3.51. The number of hydrogen-bond acceptors (Lipinski definition) is 3. The second-order valence-corrected chi connectivity index (χ2v) is 7.32. The quantitative estimate of drug-likeness (QED) is 0.916. The molecule has 5 nitrogen and oxygen atoms in total. The van der Waals surface area contributed by atoms with Gasteiger partial charge in [0.05, 0.1) is 4.90 Å². The molecular weight excluding hydrogens is 264 g/mol. The Bertz CT molecular complexity index is 566. The van der Waals surface area contributed by atoms with Crippen LogP contribution in [-0.4, -0.2) is 30.8 Å². The first-order valence-corrected chi connectivity index (χ1v) is 8.02. The third-order valence-electron chi connectivity index (χ3n) is 3.93. The molecule has 0 aromatic carbocycles. The Hall–Kier alpha value is -1.14. The van der Waals surface area contributed by atoms with Gasteiger partial charge in [0.25, 0.3) is 0 Å². The van der Waals surface area contributed by atoms with Crippen LogP contribution in [0.2, 0.25) is 0 Å². The Labute approximate surface area is 113 Å². The number of pyridine rings is 1. The highest BCUT2D eigenvalue weighted by Crippen LogP contribution is 2.29. The summed E-state index contributed by atoms with van der Waals surface area (Å²) in [5, 5.41) is 0. The largest absolute Gasteiger partial charge is 0.328 e.